The smallest absolute Gasteiger partial charge is 0.295 e. The van der Waals surface area contributed by atoms with Crippen LogP contribution in [0.1, 0.15) is 19.8 Å². The summed E-state index contributed by atoms with van der Waals surface area (Å²) in [4.78, 5) is 22.0. The van der Waals surface area contributed by atoms with Gasteiger partial charge in [0.15, 0.2) is 17.3 Å². The number of fused-ring (bicyclic) bond motifs is 1. The Morgan fingerprint density at radius 1 is 1.12 bits per heavy atom. The molecule has 0 aliphatic carbocycles. The van der Waals surface area contributed by atoms with Crippen molar-refractivity contribution in [3.05, 3.63) is 52.5 Å². The molecule has 34 heavy (non-hydrogen) atoms. The van der Waals surface area contributed by atoms with E-state index in [1.807, 2.05) is 0 Å². The maximum atomic E-state index is 14.1. The summed E-state index contributed by atoms with van der Waals surface area (Å²) in [6.07, 6.45) is 2.01. The molecule has 0 amide bonds. The highest BCUT2D eigenvalue weighted by molar-refractivity contribution is 5.77. The summed E-state index contributed by atoms with van der Waals surface area (Å²) in [6.45, 7) is 2.51. The second-order valence-corrected chi connectivity index (χ2v) is 7.83. The molecule has 11 heteroatoms. The van der Waals surface area contributed by atoms with Crippen LogP contribution >= 0.6 is 0 Å². The van der Waals surface area contributed by atoms with Crippen LogP contribution in [-0.4, -0.2) is 59.2 Å². The van der Waals surface area contributed by atoms with Gasteiger partial charge in [-0.05, 0) is 38.0 Å². The van der Waals surface area contributed by atoms with Crippen molar-refractivity contribution < 1.29 is 28.1 Å². The lowest BCUT2D eigenvalue weighted by Gasteiger charge is -2.19. The number of ether oxygens (including phenoxy) is 3. The molecule has 0 spiro atoms. The highest BCUT2D eigenvalue weighted by Gasteiger charge is 2.18. The molecule has 0 aliphatic rings. The van der Waals surface area contributed by atoms with Crippen molar-refractivity contribution in [3.8, 4) is 11.5 Å². The zero-order valence-electron chi connectivity index (χ0n) is 19.3. The Kier molecular flexibility index (Phi) is 8.85. The molecular weight excluding hydrogens is 450 g/mol. The van der Waals surface area contributed by atoms with Gasteiger partial charge in [-0.3, -0.25) is 9.36 Å². The first-order valence-electron chi connectivity index (χ1n) is 10.8. The van der Waals surface area contributed by atoms with Gasteiger partial charge in [-0.25, -0.2) is 13.8 Å². The maximum Gasteiger partial charge on any atom is 0.295 e. The minimum atomic E-state index is -0.949. The Labute approximate surface area is 195 Å². The Balaban J connectivity index is 2.00. The lowest BCUT2D eigenvalue weighted by molar-refractivity contribution is 0.167. The lowest BCUT2D eigenvalue weighted by Crippen LogP contribution is -2.28. The number of hydrogen-bond donors (Lipinski definition) is 2. The van der Waals surface area contributed by atoms with Crippen LogP contribution < -0.4 is 15.6 Å². The monoisotopic (exact) mass is 478 g/mol. The van der Waals surface area contributed by atoms with Gasteiger partial charge in [0.25, 0.3) is 5.56 Å². The summed E-state index contributed by atoms with van der Waals surface area (Å²) in [6, 6.07) is 4.14. The van der Waals surface area contributed by atoms with Crippen molar-refractivity contribution in [2.24, 2.45) is 0 Å². The molecule has 1 atom stereocenters. The van der Waals surface area contributed by atoms with E-state index in [2.05, 4.69) is 15.3 Å². The molecular formula is C23H28F2N4O5. The molecule has 2 aromatic heterocycles. The van der Waals surface area contributed by atoms with Gasteiger partial charge in [-0.15, -0.1) is 0 Å². The van der Waals surface area contributed by atoms with E-state index >= 15 is 0 Å². The fraction of sp³-hybridized carbons (Fsp3) is 0.435. The van der Waals surface area contributed by atoms with Crippen molar-refractivity contribution in [3.63, 3.8) is 0 Å². The van der Waals surface area contributed by atoms with Crippen LogP contribution in [0.5, 0.6) is 11.5 Å². The predicted molar refractivity (Wildman–Crippen MR) is 122 cm³/mol. The number of aliphatic hydroxyl groups excluding tert-OH is 1. The summed E-state index contributed by atoms with van der Waals surface area (Å²) >= 11 is 0. The number of aromatic nitrogens is 3. The standard InChI is InChI=1S/C23H28F2N4O5/c1-14(30)13-29-21-15(10-20(22(29)31)34-19-5-4-16(24)11-18(19)25)12-26-23(28-21)27-17(6-8-32-2)7-9-33-3/h4-5,10-12,14,17,30H,6-9,13H2,1-3H3,(H,26,27,28). The minimum absolute atomic E-state index is 0.0293. The number of hydrogen-bond acceptors (Lipinski definition) is 8. The first-order valence-corrected chi connectivity index (χ1v) is 10.8. The SMILES string of the molecule is COCCC(CCOC)Nc1ncc2cc(Oc3ccc(F)cc3F)c(=O)n(CC(C)O)c2n1. The van der Waals surface area contributed by atoms with Crippen LogP contribution in [0.4, 0.5) is 14.7 Å². The molecule has 0 radical (unpaired) electrons. The number of pyridine rings is 1. The zero-order valence-corrected chi connectivity index (χ0v) is 19.3. The van der Waals surface area contributed by atoms with Crippen LogP contribution in [0, 0.1) is 11.6 Å². The number of anilines is 1. The lowest BCUT2D eigenvalue weighted by atomic mass is 10.1. The Morgan fingerprint density at radius 3 is 2.44 bits per heavy atom. The van der Waals surface area contributed by atoms with Crippen LogP contribution in [-0.2, 0) is 16.0 Å². The van der Waals surface area contributed by atoms with E-state index in [4.69, 9.17) is 14.2 Å². The number of aliphatic hydroxyl groups is 1. The minimum Gasteiger partial charge on any atom is -0.448 e. The number of benzene rings is 1. The van der Waals surface area contributed by atoms with Gasteiger partial charge in [-0.2, -0.15) is 4.98 Å². The van der Waals surface area contributed by atoms with E-state index in [0.29, 0.717) is 43.5 Å². The predicted octanol–water partition coefficient (Wildman–Crippen LogP) is 3.10. The number of halogens is 2. The second-order valence-electron chi connectivity index (χ2n) is 7.83. The maximum absolute atomic E-state index is 14.1. The van der Waals surface area contributed by atoms with Crippen molar-refractivity contribution in [1.82, 2.24) is 14.5 Å². The van der Waals surface area contributed by atoms with Gasteiger partial charge in [0.1, 0.15) is 11.5 Å². The summed E-state index contributed by atoms with van der Waals surface area (Å²) in [5.41, 5.74) is -0.357. The fourth-order valence-corrected chi connectivity index (χ4v) is 3.38. The van der Waals surface area contributed by atoms with Gasteiger partial charge in [0.05, 0.1) is 12.6 Å². The molecule has 0 saturated heterocycles. The normalized spacial score (nSPS) is 12.3. The van der Waals surface area contributed by atoms with E-state index in [-0.39, 0.29) is 29.7 Å². The highest BCUT2D eigenvalue weighted by Crippen LogP contribution is 2.25. The fourth-order valence-electron chi connectivity index (χ4n) is 3.38. The summed E-state index contributed by atoms with van der Waals surface area (Å²) < 4.78 is 44.3. The van der Waals surface area contributed by atoms with E-state index in [1.54, 1.807) is 14.2 Å². The molecule has 1 aromatic carbocycles. The van der Waals surface area contributed by atoms with Crippen molar-refractivity contribution >= 4 is 17.0 Å². The van der Waals surface area contributed by atoms with Gasteiger partial charge in [-0.1, -0.05) is 0 Å². The zero-order chi connectivity index (χ0) is 24.7. The molecule has 1 unspecified atom stereocenters. The number of nitrogens with zero attached hydrogens (tertiary/aromatic N) is 3. The average molecular weight is 478 g/mol. The van der Waals surface area contributed by atoms with Gasteiger partial charge < -0.3 is 24.6 Å². The second kappa shape index (κ2) is 11.8. The van der Waals surface area contributed by atoms with Crippen LogP contribution in [0.3, 0.4) is 0 Å². The molecule has 2 N–H and O–H groups in total. The molecule has 2 heterocycles. The van der Waals surface area contributed by atoms with Gasteiger partial charge in [0, 0.05) is 51.1 Å². The number of rotatable bonds is 12. The molecule has 184 valence electrons. The van der Waals surface area contributed by atoms with Gasteiger partial charge >= 0.3 is 0 Å². The van der Waals surface area contributed by atoms with Gasteiger partial charge in [0.2, 0.25) is 5.95 Å². The Bertz CT molecular complexity index is 1160. The van der Waals surface area contributed by atoms with Crippen molar-refractivity contribution in [1.29, 1.82) is 0 Å². The van der Waals surface area contributed by atoms with E-state index in [0.717, 1.165) is 12.1 Å². The quantitative estimate of drug-likeness (QED) is 0.409. The molecule has 0 fully saturated rings. The summed E-state index contributed by atoms with van der Waals surface area (Å²) in [5, 5.41) is 13.6. The Hall–Kier alpha value is -3.15. The molecule has 3 rings (SSSR count). The number of methoxy groups -OCH3 is 2. The van der Waals surface area contributed by atoms with E-state index < -0.39 is 23.3 Å². The summed E-state index contributed by atoms with van der Waals surface area (Å²) in [5.74, 6) is -1.93. The first kappa shape index (κ1) is 25.5. The highest BCUT2D eigenvalue weighted by atomic mass is 19.1. The van der Waals surface area contributed by atoms with Crippen LogP contribution in [0.25, 0.3) is 11.0 Å². The molecule has 0 bridgehead atoms. The molecule has 3 aromatic rings. The third-order valence-electron chi connectivity index (χ3n) is 5.03. The Morgan fingerprint density at radius 2 is 1.82 bits per heavy atom. The van der Waals surface area contributed by atoms with E-state index in [1.165, 1.54) is 23.8 Å². The van der Waals surface area contributed by atoms with Crippen molar-refractivity contribution in [2.75, 3.05) is 32.8 Å². The largest absolute Gasteiger partial charge is 0.448 e. The third kappa shape index (κ3) is 6.46. The van der Waals surface area contributed by atoms with Crippen molar-refractivity contribution in [2.45, 2.75) is 38.5 Å². The van der Waals surface area contributed by atoms with Crippen LogP contribution in [0.2, 0.25) is 0 Å². The first-order chi connectivity index (χ1) is 16.3. The summed E-state index contributed by atoms with van der Waals surface area (Å²) in [7, 11) is 3.23. The topological polar surface area (TPSA) is 108 Å². The average Bonchev–Trinajstić information content (AvgIpc) is 2.80. The van der Waals surface area contributed by atoms with Crippen LogP contribution in [0.15, 0.2) is 35.3 Å². The van der Waals surface area contributed by atoms with E-state index in [9.17, 15) is 18.7 Å². The number of nitrogens with one attached hydrogen (secondary N) is 1. The molecule has 9 nitrogen and oxygen atoms in total. The molecule has 0 saturated carbocycles. The molecule has 0 aliphatic heterocycles. The third-order valence-corrected chi connectivity index (χ3v) is 5.03.